The molecule has 3 rings (SSSR count). The van der Waals surface area contributed by atoms with E-state index in [1.165, 1.54) is 6.07 Å². The molecule has 1 aliphatic heterocycles. The average Bonchev–Trinajstić information content (AvgIpc) is 2.69. The molecule has 1 N–H and O–H groups in total. The first-order valence-electron chi connectivity index (χ1n) is 9.74. The molecule has 2 aromatic carbocycles. The number of aliphatic hydroxyl groups is 1. The van der Waals surface area contributed by atoms with E-state index >= 15 is 0 Å². The fourth-order valence-corrected chi connectivity index (χ4v) is 4.21. The number of methoxy groups -OCH3 is 1. The SMILES string of the molecule is COc1cccc(C(=O)[C@H]2CN(C[C@@H](C)O)CC[C@@H]2c2cccc(F)c2C)c1. The first kappa shape index (κ1) is 20.5. The van der Waals surface area contributed by atoms with Crippen molar-refractivity contribution in [1.29, 1.82) is 0 Å². The van der Waals surface area contributed by atoms with Crippen LogP contribution in [0.5, 0.6) is 5.75 Å². The molecule has 0 amide bonds. The van der Waals surface area contributed by atoms with E-state index in [-0.39, 0.29) is 23.4 Å². The van der Waals surface area contributed by atoms with Gasteiger partial charge in [-0.05, 0) is 62.1 Å². The number of benzene rings is 2. The van der Waals surface area contributed by atoms with Crippen LogP contribution in [0.2, 0.25) is 0 Å². The van der Waals surface area contributed by atoms with Gasteiger partial charge in [0.15, 0.2) is 5.78 Å². The minimum Gasteiger partial charge on any atom is -0.497 e. The summed E-state index contributed by atoms with van der Waals surface area (Å²) >= 11 is 0. The van der Waals surface area contributed by atoms with Crippen LogP contribution < -0.4 is 4.74 Å². The highest BCUT2D eigenvalue weighted by atomic mass is 19.1. The van der Waals surface area contributed by atoms with Crippen molar-refractivity contribution in [3.63, 3.8) is 0 Å². The van der Waals surface area contributed by atoms with E-state index in [9.17, 15) is 14.3 Å². The van der Waals surface area contributed by atoms with Crippen molar-refractivity contribution in [2.75, 3.05) is 26.7 Å². The lowest BCUT2D eigenvalue weighted by Crippen LogP contribution is -2.45. The maximum Gasteiger partial charge on any atom is 0.167 e. The van der Waals surface area contributed by atoms with E-state index in [1.807, 2.05) is 18.2 Å². The number of piperidine rings is 1. The second-order valence-electron chi connectivity index (χ2n) is 7.66. The number of carbonyl (C=O) groups excluding carboxylic acids is 1. The van der Waals surface area contributed by atoms with Crippen LogP contribution >= 0.6 is 0 Å². The predicted molar refractivity (Wildman–Crippen MR) is 107 cm³/mol. The molecule has 28 heavy (non-hydrogen) atoms. The zero-order valence-electron chi connectivity index (χ0n) is 16.7. The Morgan fingerprint density at radius 2 is 2.07 bits per heavy atom. The third-order valence-electron chi connectivity index (χ3n) is 5.62. The summed E-state index contributed by atoms with van der Waals surface area (Å²) in [5, 5.41) is 9.79. The van der Waals surface area contributed by atoms with Crippen molar-refractivity contribution >= 4 is 5.78 Å². The molecule has 0 spiro atoms. The highest BCUT2D eigenvalue weighted by molar-refractivity contribution is 5.99. The molecule has 0 aliphatic carbocycles. The molecule has 2 aromatic rings. The fraction of sp³-hybridized carbons (Fsp3) is 0.435. The third kappa shape index (κ3) is 4.42. The zero-order chi connectivity index (χ0) is 20.3. The number of hydrogen-bond acceptors (Lipinski definition) is 4. The van der Waals surface area contributed by atoms with Crippen molar-refractivity contribution < 1.29 is 19.0 Å². The van der Waals surface area contributed by atoms with Gasteiger partial charge in [0.05, 0.1) is 13.2 Å². The van der Waals surface area contributed by atoms with Crippen LogP contribution in [0.25, 0.3) is 0 Å². The highest BCUT2D eigenvalue weighted by Gasteiger charge is 2.36. The van der Waals surface area contributed by atoms with Crippen LogP contribution in [0.4, 0.5) is 4.39 Å². The van der Waals surface area contributed by atoms with Gasteiger partial charge >= 0.3 is 0 Å². The van der Waals surface area contributed by atoms with E-state index in [4.69, 9.17) is 4.74 Å². The Kier molecular flexibility index (Phi) is 6.47. The summed E-state index contributed by atoms with van der Waals surface area (Å²) in [7, 11) is 1.58. The van der Waals surface area contributed by atoms with Crippen molar-refractivity contribution in [2.45, 2.75) is 32.3 Å². The number of β-amino-alcohol motifs (C(OH)–C–C–N with tert-alkyl or cyclic N) is 1. The predicted octanol–water partition coefficient (Wildman–Crippen LogP) is 3.81. The minimum absolute atomic E-state index is 0.0304. The number of halogens is 1. The van der Waals surface area contributed by atoms with Gasteiger partial charge in [-0.2, -0.15) is 0 Å². The van der Waals surface area contributed by atoms with E-state index in [0.717, 1.165) is 18.5 Å². The van der Waals surface area contributed by atoms with Crippen LogP contribution in [0, 0.1) is 18.7 Å². The number of Topliss-reactive ketones (excluding diaryl/α,β-unsaturated/α-hetero) is 1. The molecule has 1 fully saturated rings. The van der Waals surface area contributed by atoms with Crippen LogP contribution in [0.3, 0.4) is 0 Å². The van der Waals surface area contributed by atoms with Gasteiger partial charge in [-0.1, -0.05) is 24.3 Å². The average molecular weight is 385 g/mol. The molecule has 1 saturated heterocycles. The van der Waals surface area contributed by atoms with Crippen LogP contribution in [-0.4, -0.2) is 48.6 Å². The summed E-state index contributed by atoms with van der Waals surface area (Å²) in [6.07, 6.45) is 0.289. The van der Waals surface area contributed by atoms with Crippen LogP contribution in [-0.2, 0) is 0 Å². The fourth-order valence-electron chi connectivity index (χ4n) is 4.21. The standard InChI is InChI=1S/C23H28FNO3/c1-15(26)13-25-11-10-20(19-8-5-9-22(24)16(19)2)21(14-25)23(27)17-6-4-7-18(12-17)28-3/h4-9,12,15,20-21,26H,10-11,13-14H2,1-3H3/t15-,20-,21+/m1/s1. The number of aliphatic hydroxyl groups excluding tert-OH is 1. The topological polar surface area (TPSA) is 49.8 Å². The smallest absolute Gasteiger partial charge is 0.167 e. The molecule has 0 radical (unpaired) electrons. The van der Waals surface area contributed by atoms with Crippen LogP contribution in [0.15, 0.2) is 42.5 Å². The van der Waals surface area contributed by atoms with Gasteiger partial charge < -0.3 is 14.7 Å². The molecule has 0 saturated carbocycles. The molecular weight excluding hydrogens is 357 g/mol. The summed E-state index contributed by atoms with van der Waals surface area (Å²) in [4.78, 5) is 15.6. The minimum atomic E-state index is -0.458. The number of hydrogen-bond donors (Lipinski definition) is 1. The Labute approximate surface area is 165 Å². The lowest BCUT2D eigenvalue weighted by molar-refractivity contribution is 0.0654. The Morgan fingerprint density at radius 3 is 2.79 bits per heavy atom. The van der Waals surface area contributed by atoms with Crippen molar-refractivity contribution in [3.8, 4) is 5.75 Å². The van der Waals surface area contributed by atoms with Gasteiger partial charge in [-0.15, -0.1) is 0 Å². The van der Waals surface area contributed by atoms with Crippen molar-refractivity contribution in [2.24, 2.45) is 5.92 Å². The molecule has 3 atom stereocenters. The van der Waals surface area contributed by atoms with Gasteiger partial charge in [0, 0.05) is 24.6 Å². The molecule has 150 valence electrons. The Bertz CT molecular complexity index is 836. The second-order valence-corrected chi connectivity index (χ2v) is 7.66. The lowest BCUT2D eigenvalue weighted by atomic mass is 9.75. The highest BCUT2D eigenvalue weighted by Crippen LogP contribution is 2.37. The van der Waals surface area contributed by atoms with Gasteiger partial charge in [-0.25, -0.2) is 4.39 Å². The Hall–Kier alpha value is -2.24. The molecular formula is C23H28FNO3. The second kappa shape index (κ2) is 8.84. The lowest BCUT2D eigenvalue weighted by Gasteiger charge is -2.39. The third-order valence-corrected chi connectivity index (χ3v) is 5.62. The van der Waals surface area contributed by atoms with Crippen molar-refractivity contribution in [3.05, 3.63) is 65.0 Å². The van der Waals surface area contributed by atoms with Gasteiger partial charge in [-0.3, -0.25) is 4.79 Å². The quantitative estimate of drug-likeness (QED) is 0.768. The van der Waals surface area contributed by atoms with E-state index in [2.05, 4.69) is 4.90 Å². The summed E-state index contributed by atoms with van der Waals surface area (Å²) in [5.74, 6) is 0.0695. The van der Waals surface area contributed by atoms with Crippen LogP contribution in [0.1, 0.15) is 40.7 Å². The largest absolute Gasteiger partial charge is 0.497 e. The summed E-state index contributed by atoms with van der Waals surface area (Å²) in [6.45, 7) is 5.37. The summed E-state index contributed by atoms with van der Waals surface area (Å²) < 4.78 is 19.5. The summed E-state index contributed by atoms with van der Waals surface area (Å²) in [5.41, 5.74) is 2.11. The number of nitrogens with zero attached hydrogens (tertiary/aromatic N) is 1. The number of ether oxygens (including phenoxy) is 1. The number of ketones is 1. The molecule has 0 aromatic heterocycles. The summed E-state index contributed by atoms with van der Waals surface area (Å²) in [6, 6.07) is 12.3. The molecule has 0 unspecified atom stereocenters. The number of rotatable bonds is 6. The molecule has 1 aliphatic rings. The van der Waals surface area contributed by atoms with Crippen molar-refractivity contribution in [1.82, 2.24) is 4.90 Å². The van der Waals surface area contributed by atoms with Gasteiger partial charge in [0.25, 0.3) is 0 Å². The van der Waals surface area contributed by atoms with E-state index in [0.29, 0.717) is 30.0 Å². The molecule has 4 nitrogen and oxygen atoms in total. The normalized spacial score (nSPS) is 21.3. The monoisotopic (exact) mass is 385 g/mol. The molecule has 5 heteroatoms. The van der Waals surface area contributed by atoms with Gasteiger partial charge in [0.1, 0.15) is 11.6 Å². The van der Waals surface area contributed by atoms with E-state index in [1.54, 1.807) is 39.2 Å². The number of carbonyl (C=O) groups is 1. The van der Waals surface area contributed by atoms with E-state index < -0.39 is 6.10 Å². The Morgan fingerprint density at radius 1 is 1.32 bits per heavy atom. The first-order valence-corrected chi connectivity index (χ1v) is 9.74. The van der Waals surface area contributed by atoms with Gasteiger partial charge in [0.2, 0.25) is 0 Å². The maximum atomic E-state index is 14.2. The molecule has 0 bridgehead atoms. The zero-order valence-corrected chi connectivity index (χ0v) is 16.7. The first-order chi connectivity index (χ1) is 13.4. The number of likely N-dealkylation sites (tertiary alicyclic amines) is 1. The Balaban J connectivity index is 1.96. The maximum absolute atomic E-state index is 14.2. The molecule has 1 heterocycles.